The standard InChI is InChI=1S/C20H22N4O3S2/c1-3-28-20-18(29(26,27)16-7-5-4-6-8-16)19(21)24(23-20)13-17(25)22-15-11-9-14(2)10-12-15/h4-12H,3,13,21H2,1-2H3,(H,22,25). The van der Waals surface area contributed by atoms with Crippen molar-refractivity contribution in [2.24, 2.45) is 0 Å². The molecule has 29 heavy (non-hydrogen) atoms. The number of nitrogens with one attached hydrogen (secondary N) is 1. The van der Waals surface area contributed by atoms with E-state index >= 15 is 0 Å². The van der Waals surface area contributed by atoms with Crippen LogP contribution in [0.5, 0.6) is 0 Å². The van der Waals surface area contributed by atoms with Gasteiger partial charge in [0.15, 0.2) is 0 Å². The summed E-state index contributed by atoms with van der Waals surface area (Å²) < 4.78 is 27.5. The Bertz CT molecular complexity index is 1110. The molecule has 9 heteroatoms. The number of hydrogen-bond donors (Lipinski definition) is 2. The number of nitrogens with zero attached hydrogens (tertiary/aromatic N) is 2. The molecule has 0 saturated carbocycles. The summed E-state index contributed by atoms with van der Waals surface area (Å²) in [7, 11) is -3.86. The number of thioether (sulfide) groups is 1. The van der Waals surface area contributed by atoms with Gasteiger partial charge in [0, 0.05) is 5.69 Å². The number of nitrogen functional groups attached to an aromatic ring is 1. The Morgan fingerprint density at radius 1 is 1.14 bits per heavy atom. The fourth-order valence-electron chi connectivity index (χ4n) is 2.73. The van der Waals surface area contributed by atoms with Gasteiger partial charge in [0.05, 0.1) is 4.90 Å². The maximum absolute atomic E-state index is 13.1. The number of hydrogen-bond acceptors (Lipinski definition) is 6. The molecule has 3 rings (SSSR count). The molecule has 2 aromatic carbocycles. The van der Waals surface area contributed by atoms with Crippen molar-refractivity contribution in [3.63, 3.8) is 0 Å². The normalized spacial score (nSPS) is 11.4. The van der Waals surface area contributed by atoms with Crippen LogP contribution in [0.15, 0.2) is 69.4 Å². The van der Waals surface area contributed by atoms with Gasteiger partial charge in [-0.2, -0.15) is 5.10 Å². The molecular weight excluding hydrogens is 408 g/mol. The second-order valence-electron chi connectivity index (χ2n) is 6.34. The number of aryl methyl sites for hydroxylation is 1. The van der Waals surface area contributed by atoms with Crippen molar-refractivity contribution in [2.75, 3.05) is 16.8 Å². The van der Waals surface area contributed by atoms with Crippen LogP contribution in [0.1, 0.15) is 12.5 Å². The Morgan fingerprint density at radius 3 is 2.41 bits per heavy atom. The van der Waals surface area contributed by atoms with Gasteiger partial charge in [-0.25, -0.2) is 13.1 Å². The Hall–Kier alpha value is -2.78. The topological polar surface area (TPSA) is 107 Å². The number of aromatic nitrogens is 2. The van der Waals surface area contributed by atoms with E-state index in [4.69, 9.17) is 5.73 Å². The molecule has 3 aromatic rings. The molecule has 152 valence electrons. The second-order valence-corrected chi connectivity index (χ2v) is 9.48. The van der Waals surface area contributed by atoms with Crippen LogP contribution in [0.4, 0.5) is 11.5 Å². The average molecular weight is 431 g/mol. The average Bonchev–Trinajstić information content (AvgIpc) is 3.00. The van der Waals surface area contributed by atoms with Gasteiger partial charge in [-0.15, -0.1) is 11.8 Å². The van der Waals surface area contributed by atoms with E-state index in [1.54, 1.807) is 30.3 Å². The molecule has 1 amide bonds. The Labute approximate surface area is 174 Å². The van der Waals surface area contributed by atoms with Gasteiger partial charge >= 0.3 is 0 Å². The zero-order chi connectivity index (χ0) is 21.0. The first-order valence-corrected chi connectivity index (χ1v) is 11.5. The van der Waals surface area contributed by atoms with Crippen molar-refractivity contribution in [3.05, 3.63) is 60.2 Å². The zero-order valence-electron chi connectivity index (χ0n) is 16.1. The summed E-state index contributed by atoms with van der Waals surface area (Å²) in [6.07, 6.45) is 0. The lowest BCUT2D eigenvalue weighted by Crippen LogP contribution is -2.21. The second kappa shape index (κ2) is 8.71. The van der Waals surface area contributed by atoms with E-state index in [0.717, 1.165) is 5.56 Å². The van der Waals surface area contributed by atoms with Crippen molar-refractivity contribution in [3.8, 4) is 0 Å². The molecule has 0 radical (unpaired) electrons. The van der Waals surface area contributed by atoms with E-state index in [2.05, 4.69) is 10.4 Å². The van der Waals surface area contributed by atoms with Crippen molar-refractivity contribution in [1.29, 1.82) is 0 Å². The number of sulfone groups is 1. The summed E-state index contributed by atoms with van der Waals surface area (Å²) in [5, 5.41) is 7.35. The molecule has 1 heterocycles. The summed E-state index contributed by atoms with van der Waals surface area (Å²) >= 11 is 1.27. The minimum absolute atomic E-state index is 0.0520. The first-order chi connectivity index (χ1) is 13.8. The molecule has 1 aromatic heterocycles. The highest BCUT2D eigenvalue weighted by Crippen LogP contribution is 2.34. The SMILES string of the molecule is CCSc1nn(CC(=O)Nc2ccc(C)cc2)c(N)c1S(=O)(=O)c1ccccc1. The predicted octanol–water partition coefficient (Wildman–Crippen LogP) is 3.36. The smallest absolute Gasteiger partial charge is 0.246 e. The first-order valence-electron chi connectivity index (χ1n) is 8.98. The molecule has 0 fully saturated rings. The van der Waals surface area contributed by atoms with Crippen LogP contribution in [-0.2, 0) is 21.2 Å². The van der Waals surface area contributed by atoms with E-state index in [1.807, 2.05) is 26.0 Å². The van der Waals surface area contributed by atoms with Gasteiger partial charge in [0.2, 0.25) is 15.7 Å². The lowest BCUT2D eigenvalue weighted by atomic mass is 10.2. The van der Waals surface area contributed by atoms with Crippen LogP contribution in [0.3, 0.4) is 0 Å². The molecule has 0 saturated heterocycles. The highest BCUT2D eigenvalue weighted by atomic mass is 32.2. The lowest BCUT2D eigenvalue weighted by molar-refractivity contribution is -0.116. The summed E-state index contributed by atoms with van der Waals surface area (Å²) in [5.74, 6) is 0.215. The maximum atomic E-state index is 13.1. The summed E-state index contributed by atoms with van der Waals surface area (Å²) in [4.78, 5) is 12.5. The quantitative estimate of drug-likeness (QED) is 0.557. The third kappa shape index (κ3) is 4.63. The van der Waals surface area contributed by atoms with Crippen LogP contribution in [-0.4, -0.2) is 29.9 Å². The van der Waals surface area contributed by atoms with Crippen LogP contribution < -0.4 is 11.1 Å². The first kappa shape index (κ1) is 20.9. The molecule has 0 bridgehead atoms. The van der Waals surface area contributed by atoms with Crippen LogP contribution in [0.2, 0.25) is 0 Å². The summed E-state index contributed by atoms with van der Waals surface area (Å²) in [6.45, 7) is 3.65. The van der Waals surface area contributed by atoms with E-state index < -0.39 is 9.84 Å². The molecule has 0 aliphatic rings. The fraction of sp³-hybridized carbons (Fsp3) is 0.200. The third-order valence-corrected chi connectivity index (χ3v) is 6.96. The Kier molecular flexibility index (Phi) is 6.29. The molecule has 3 N–H and O–H groups in total. The van der Waals surface area contributed by atoms with Crippen LogP contribution >= 0.6 is 11.8 Å². The zero-order valence-corrected chi connectivity index (χ0v) is 17.8. The molecule has 0 atom stereocenters. The number of nitrogens with two attached hydrogens (primary N) is 1. The molecule has 0 aliphatic heterocycles. The van der Waals surface area contributed by atoms with Crippen molar-refractivity contribution in [1.82, 2.24) is 9.78 Å². The van der Waals surface area contributed by atoms with Gasteiger partial charge in [0.25, 0.3) is 0 Å². The highest BCUT2D eigenvalue weighted by molar-refractivity contribution is 8.00. The van der Waals surface area contributed by atoms with Gasteiger partial charge in [-0.05, 0) is 36.9 Å². The minimum Gasteiger partial charge on any atom is -0.383 e. The van der Waals surface area contributed by atoms with Gasteiger partial charge < -0.3 is 11.1 Å². The van der Waals surface area contributed by atoms with Crippen molar-refractivity contribution >= 4 is 39.0 Å². The van der Waals surface area contributed by atoms with E-state index in [1.165, 1.54) is 28.6 Å². The molecule has 7 nitrogen and oxygen atoms in total. The van der Waals surface area contributed by atoms with E-state index in [9.17, 15) is 13.2 Å². The largest absolute Gasteiger partial charge is 0.383 e. The minimum atomic E-state index is -3.86. The van der Waals surface area contributed by atoms with E-state index in [0.29, 0.717) is 11.4 Å². The Morgan fingerprint density at radius 2 is 1.79 bits per heavy atom. The Balaban J connectivity index is 1.92. The number of amides is 1. The van der Waals surface area contributed by atoms with Crippen LogP contribution in [0.25, 0.3) is 0 Å². The number of anilines is 2. The van der Waals surface area contributed by atoms with Crippen molar-refractivity contribution < 1.29 is 13.2 Å². The van der Waals surface area contributed by atoms with Gasteiger partial charge in [-0.1, -0.05) is 42.8 Å². The third-order valence-electron chi connectivity index (χ3n) is 4.15. The predicted molar refractivity (Wildman–Crippen MR) is 115 cm³/mol. The number of rotatable bonds is 7. The molecular formula is C20H22N4O3S2. The van der Waals surface area contributed by atoms with Gasteiger partial charge in [0.1, 0.15) is 22.3 Å². The lowest BCUT2D eigenvalue weighted by Gasteiger charge is -2.08. The van der Waals surface area contributed by atoms with Gasteiger partial charge in [-0.3, -0.25) is 4.79 Å². The highest BCUT2D eigenvalue weighted by Gasteiger charge is 2.29. The number of carbonyl (C=O) groups excluding carboxylic acids is 1. The summed E-state index contributed by atoms with van der Waals surface area (Å²) in [5.41, 5.74) is 7.87. The summed E-state index contributed by atoms with van der Waals surface area (Å²) in [6, 6.07) is 15.4. The monoisotopic (exact) mass is 430 g/mol. The maximum Gasteiger partial charge on any atom is 0.246 e. The van der Waals surface area contributed by atoms with Crippen molar-refractivity contribution in [2.45, 2.75) is 35.2 Å². The molecule has 0 unspecified atom stereocenters. The van der Waals surface area contributed by atoms with Crippen LogP contribution in [0, 0.1) is 6.92 Å². The number of carbonyl (C=O) groups is 1. The molecule has 0 spiro atoms. The number of benzene rings is 2. The molecule has 0 aliphatic carbocycles. The van der Waals surface area contributed by atoms with E-state index in [-0.39, 0.29) is 33.1 Å². The fourth-order valence-corrected chi connectivity index (χ4v) is 5.30.